The first-order chi connectivity index (χ1) is 9.38. The van der Waals surface area contributed by atoms with E-state index in [0.29, 0.717) is 29.8 Å². The summed E-state index contributed by atoms with van der Waals surface area (Å²) in [5.41, 5.74) is 7.34. The van der Waals surface area contributed by atoms with Crippen LogP contribution in [0.1, 0.15) is 27.6 Å². The predicted molar refractivity (Wildman–Crippen MR) is 78.7 cm³/mol. The number of benzene rings is 1. The number of alkyl halides is 3. The van der Waals surface area contributed by atoms with Crippen LogP contribution in [0.4, 0.5) is 13.2 Å². The minimum absolute atomic E-state index is 0. The van der Waals surface area contributed by atoms with E-state index in [1.54, 1.807) is 0 Å². The Morgan fingerprint density at radius 2 is 1.86 bits per heavy atom. The van der Waals surface area contributed by atoms with Crippen molar-refractivity contribution in [2.24, 2.45) is 5.73 Å². The molecule has 2 aromatic rings. The third-order valence-electron chi connectivity index (χ3n) is 3.65. The molecule has 0 amide bonds. The Morgan fingerprint density at radius 3 is 2.48 bits per heavy atom. The predicted octanol–water partition coefficient (Wildman–Crippen LogP) is 3.93. The standard InChI is InChI=1S/C14H13F3N2S.ClH/c15-14(16,17)12-19-10-6-7-13(18,8-11(10)20-12)9-4-2-1-3-5-9;/h1-5H,6-8,18H2;1H. The van der Waals surface area contributed by atoms with Crippen molar-refractivity contribution in [1.82, 2.24) is 4.98 Å². The molecule has 114 valence electrons. The van der Waals surface area contributed by atoms with Crippen LogP contribution in [0, 0.1) is 0 Å². The summed E-state index contributed by atoms with van der Waals surface area (Å²) in [6, 6.07) is 9.55. The van der Waals surface area contributed by atoms with Crippen molar-refractivity contribution in [3.8, 4) is 0 Å². The lowest BCUT2D eigenvalue weighted by Gasteiger charge is -2.33. The number of aryl methyl sites for hydroxylation is 1. The van der Waals surface area contributed by atoms with Gasteiger partial charge in [-0.25, -0.2) is 4.98 Å². The summed E-state index contributed by atoms with van der Waals surface area (Å²) in [5, 5.41) is -0.764. The van der Waals surface area contributed by atoms with Crippen molar-refractivity contribution in [3.05, 3.63) is 51.5 Å². The van der Waals surface area contributed by atoms with Gasteiger partial charge in [0.05, 0.1) is 5.69 Å². The van der Waals surface area contributed by atoms with E-state index in [1.165, 1.54) is 0 Å². The first-order valence-electron chi connectivity index (χ1n) is 6.29. The summed E-state index contributed by atoms with van der Waals surface area (Å²) in [4.78, 5) is 4.38. The van der Waals surface area contributed by atoms with Gasteiger partial charge >= 0.3 is 6.18 Å². The van der Waals surface area contributed by atoms with Gasteiger partial charge in [0.2, 0.25) is 0 Å². The molecule has 2 N–H and O–H groups in total. The Labute approximate surface area is 130 Å². The van der Waals surface area contributed by atoms with Gasteiger partial charge in [-0.05, 0) is 18.4 Å². The van der Waals surface area contributed by atoms with Crippen LogP contribution in [-0.2, 0) is 24.6 Å². The first kappa shape index (κ1) is 16.3. The number of hydrogen-bond donors (Lipinski definition) is 1. The van der Waals surface area contributed by atoms with Gasteiger partial charge < -0.3 is 5.73 Å². The van der Waals surface area contributed by atoms with Crippen molar-refractivity contribution in [3.63, 3.8) is 0 Å². The van der Waals surface area contributed by atoms with E-state index in [1.807, 2.05) is 30.3 Å². The summed E-state index contributed by atoms with van der Waals surface area (Å²) in [6.45, 7) is 0. The second kappa shape index (κ2) is 5.59. The van der Waals surface area contributed by atoms with Gasteiger partial charge in [0.15, 0.2) is 5.01 Å². The van der Waals surface area contributed by atoms with Gasteiger partial charge in [-0.1, -0.05) is 30.3 Å². The molecule has 1 aromatic heterocycles. The van der Waals surface area contributed by atoms with Crippen molar-refractivity contribution in [2.75, 3.05) is 0 Å². The quantitative estimate of drug-likeness (QED) is 0.858. The number of hydrogen-bond acceptors (Lipinski definition) is 3. The van der Waals surface area contributed by atoms with Crippen LogP contribution in [-0.4, -0.2) is 4.98 Å². The molecule has 0 bridgehead atoms. The Bertz CT molecular complexity index is 627. The summed E-state index contributed by atoms with van der Waals surface area (Å²) in [6.07, 6.45) is -2.84. The fourth-order valence-electron chi connectivity index (χ4n) is 2.57. The average Bonchev–Trinajstić information content (AvgIpc) is 2.82. The molecule has 0 saturated carbocycles. The Hall–Kier alpha value is -1.11. The fraction of sp³-hybridized carbons (Fsp3) is 0.357. The monoisotopic (exact) mass is 334 g/mol. The maximum Gasteiger partial charge on any atom is 0.443 e. The highest BCUT2D eigenvalue weighted by molar-refractivity contribution is 7.11. The maximum absolute atomic E-state index is 12.7. The second-order valence-corrected chi connectivity index (χ2v) is 6.17. The van der Waals surface area contributed by atoms with Crippen LogP contribution in [0.25, 0.3) is 0 Å². The van der Waals surface area contributed by atoms with E-state index in [2.05, 4.69) is 4.98 Å². The molecule has 1 aliphatic rings. The van der Waals surface area contributed by atoms with Gasteiger partial charge in [0.25, 0.3) is 0 Å². The van der Waals surface area contributed by atoms with E-state index in [9.17, 15) is 13.2 Å². The van der Waals surface area contributed by atoms with E-state index < -0.39 is 16.7 Å². The van der Waals surface area contributed by atoms with Crippen LogP contribution in [0.15, 0.2) is 30.3 Å². The lowest BCUT2D eigenvalue weighted by atomic mass is 9.79. The first-order valence-corrected chi connectivity index (χ1v) is 7.10. The van der Waals surface area contributed by atoms with E-state index in [-0.39, 0.29) is 12.4 Å². The molecule has 1 aromatic carbocycles. The van der Waals surface area contributed by atoms with Crippen molar-refractivity contribution in [2.45, 2.75) is 31.0 Å². The number of nitrogens with two attached hydrogens (primary N) is 1. The normalized spacial score (nSPS) is 21.5. The maximum atomic E-state index is 12.7. The molecular weight excluding hydrogens is 321 g/mol. The van der Waals surface area contributed by atoms with Gasteiger partial charge in [0, 0.05) is 16.8 Å². The van der Waals surface area contributed by atoms with Gasteiger partial charge in [0.1, 0.15) is 0 Å². The molecule has 0 saturated heterocycles. The lowest BCUT2D eigenvalue weighted by Crippen LogP contribution is -2.41. The molecule has 3 rings (SSSR count). The molecule has 21 heavy (non-hydrogen) atoms. The summed E-state index contributed by atoms with van der Waals surface area (Å²) >= 11 is 0.723. The average molecular weight is 335 g/mol. The van der Waals surface area contributed by atoms with E-state index in [0.717, 1.165) is 16.9 Å². The molecule has 1 atom stereocenters. The number of aromatic nitrogens is 1. The Kier molecular flexibility index (Phi) is 4.33. The van der Waals surface area contributed by atoms with Gasteiger partial charge in [-0.2, -0.15) is 13.2 Å². The zero-order valence-electron chi connectivity index (χ0n) is 11.0. The van der Waals surface area contributed by atoms with Crippen molar-refractivity contribution >= 4 is 23.7 Å². The molecule has 1 heterocycles. The fourth-order valence-corrected chi connectivity index (χ4v) is 3.67. The second-order valence-electron chi connectivity index (χ2n) is 5.09. The summed E-state index contributed by atoms with van der Waals surface area (Å²) in [7, 11) is 0. The molecule has 1 unspecified atom stereocenters. The number of fused-ring (bicyclic) bond motifs is 1. The van der Waals surface area contributed by atoms with E-state index >= 15 is 0 Å². The SMILES string of the molecule is Cl.NC1(c2ccccc2)CCc2nc(C(F)(F)F)sc2C1. The minimum atomic E-state index is -4.37. The van der Waals surface area contributed by atoms with Crippen LogP contribution in [0.3, 0.4) is 0 Å². The summed E-state index contributed by atoms with van der Waals surface area (Å²) in [5.74, 6) is 0. The highest BCUT2D eigenvalue weighted by Gasteiger charge is 2.40. The molecule has 0 radical (unpaired) electrons. The molecule has 7 heteroatoms. The Morgan fingerprint density at radius 1 is 1.19 bits per heavy atom. The topological polar surface area (TPSA) is 38.9 Å². The lowest BCUT2D eigenvalue weighted by molar-refractivity contribution is -0.137. The smallest absolute Gasteiger partial charge is 0.321 e. The highest BCUT2D eigenvalue weighted by atomic mass is 35.5. The molecule has 2 nitrogen and oxygen atoms in total. The van der Waals surface area contributed by atoms with Crippen LogP contribution in [0.5, 0.6) is 0 Å². The van der Waals surface area contributed by atoms with E-state index in [4.69, 9.17) is 5.73 Å². The van der Waals surface area contributed by atoms with Crippen LogP contribution < -0.4 is 5.73 Å². The zero-order valence-corrected chi connectivity index (χ0v) is 12.6. The zero-order chi connectivity index (χ0) is 14.4. The number of thiazole rings is 1. The van der Waals surface area contributed by atoms with Gasteiger partial charge in [-0.15, -0.1) is 23.7 Å². The summed E-state index contributed by atoms with van der Waals surface area (Å²) < 4.78 is 38.1. The third-order valence-corrected chi connectivity index (χ3v) is 4.80. The van der Waals surface area contributed by atoms with Crippen LogP contribution in [0.2, 0.25) is 0 Å². The van der Waals surface area contributed by atoms with Crippen molar-refractivity contribution in [1.29, 1.82) is 0 Å². The number of halogens is 4. The molecule has 0 fully saturated rings. The third kappa shape index (κ3) is 3.07. The Balaban J connectivity index is 0.00000161. The molecule has 0 spiro atoms. The highest BCUT2D eigenvalue weighted by Crippen LogP contribution is 2.41. The minimum Gasteiger partial charge on any atom is -0.321 e. The molecule has 0 aliphatic heterocycles. The molecule has 1 aliphatic carbocycles. The van der Waals surface area contributed by atoms with Crippen molar-refractivity contribution < 1.29 is 13.2 Å². The number of rotatable bonds is 1. The van der Waals surface area contributed by atoms with Gasteiger partial charge in [-0.3, -0.25) is 0 Å². The number of nitrogens with zero attached hydrogens (tertiary/aromatic N) is 1. The molecular formula is C14H14ClF3N2S. The largest absolute Gasteiger partial charge is 0.443 e. The van der Waals surface area contributed by atoms with Crippen LogP contribution >= 0.6 is 23.7 Å².